The third-order valence-electron chi connectivity index (χ3n) is 4.80. The number of hydrogen-bond donors (Lipinski definition) is 2. The highest BCUT2D eigenvalue weighted by molar-refractivity contribution is 7.80. The zero-order valence-corrected chi connectivity index (χ0v) is 20.4. The molecule has 0 aliphatic heterocycles. The van der Waals surface area contributed by atoms with Gasteiger partial charge in [-0.2, -0.15) is 9.61 Å². The monoisotopic (exact) mass is 480 g/mol. The fourth-order valence-corrected chi connectivity index (χ4v) is 4.25. The van der Waals surface area contributed by atoms with Crippen LogP contribution in [0, 0.1) is 6.92 Å². The predicted molar refractivity (Wildman–Crippen MR) is 134 cm³/mol. The molecule has 0 bridgehead atoms. The molecule has 2 aromatic heterocycles. The second-order valence-corrected chi connectivity index (χ2v) is 9.07. The number of fused-ring (bicyclic) bond motifs is 1. The van der Waals surface area contributed by atoms with E-state index in [1.54, 1.807) is 22.7 Å². The third-order valence-corrected chi connectivity index (χ3v) is 5.95. The summed E-state index contributed by atoms with van der Waals surface area (Å²) in [4.78, 5) is 13.4. The van der Waals surface area contributed by atoms with Gasteiger partial charge in [-0.3, -0.25) is 10.1 Å². The van der Waals surface area contributed by atoms with Gasteiger partial charge >= 0.3 is 0 Å². The average Bonchev–Trinajstić information content (AvgIpc) is 3.35. The van der Waals surface area contributed by atoms with E-state index in [0.29, 0.717) is 11.3 Å². The molecule has 10 heteroatoms. The lowest BCUT2D eigenvalue weighted by Crippen LogP contribution is -2.34. The van der Waals surface area contributed by atoms with Crippen LogP contribution in [-0.2, 0) is 6.42 Å². The van der Waals surface area contributed by atoms with Crippen LogP contribution >= 0.6 is 23.6 Å². The van der Waals surface area contributed by atoms with Crippen LogP contribution in [0.25, 0.3) is 15.5 Å². The largest absolute Gasteiger partial charge is 0.491 e. The lowest BCUT2D eigenvalue weighted by Gasteiger charge is -2.14. The second kappa shape index (κ2) is 9.63. The number of anilines is 1. The number of thiocarbonyl (C=S) groups is 1. The predicted octanol–water partition coefficient (Wildman–Crippen LogP) is 4.64. The van der Waals surface area contributed by atoms with Crippen LogP contribution in [0.2, 0.25) is 0 Å². The summed E-state index contributed by atoms with van der Waals surface area (Å²) in [7, 11) is 0. The number of aryl methyl sites for hydroxylation is 2. The van der Waals surface area contributed by atoms with E-state index in [0.717, 1.165) is 39.0 Å². The van der Waals surface area contributed by atoms with E-state index in [-0.39, 0.29) is 17.1 Å². The molecule has 0 spiro atoms. The average molecular weight is 481 g/mol. The topological polar surface area (TPSA) is 93.4 Å². The molecule has 170 valence electrons. The number of hydrogen-bond acceptors (Lipinski definition) is 7. The molecule has 0 saturated carbocycles. The van der Waals surface area contributed by atoms with Crippen LogP contribution in [0.4, 0.5) is 5.69 Å². The maximum Gasteiger partial charge on any atom is 0.257 e. The molecule has 0 aliphatic rings. The minimum absolute atomic E-state index is 0.0215. The normalized spacial score (nSPS) is 11.1. The van der Waals surface area contributed by atoms with Crippen molar-refractivity contribution in [2.45, 2.75) is 40.2 Å². The van der Waals surface area contributed by atoms with E-state index in [4.69, 9.17) is 17.0 Å². The molecule has 0 saturated heterocycles. The summed E-state index contributed by atoms with van der Waals surface area (Å²) in [5.74, 6) is 1.15. The Labute approximate surface area is 201 Å². The zero-order chi connectivity index (χ0) is 23.5. The number of amides is 1. The summed E-state index contributed by atoms with van der Waals surface area (Å²) < 4.78 is 7.44. The Bertz CT molecular complexity index is 1330. The molecule has 4 rings (SSSR count). The van der Waals surface area contributed by atoms with Crippen LogP contribution in [-0.4, -0.2) is 36.9 Å². The van der Waals surface area contributed by atoms with E-state index in [9.17, 15) is 4.79 Å². The van der Waals surface area contributed by atoms with Gasteiger partial charge in [0.25, 0.3) is 5.91 Å². The molecule has 0 unspecified atom stereocenters. The molecule has 0 fully saturated rings. The number of ether oxygens (including phenoxy) is 1. The first-order valence-corrected chi connectivity index (χ1v) is 11.8. The molecule has 1 amide bonds. The van der Waals surface area contributed by atoms with Gasteiger partial charge in [0.2, 0.25) is 4.96 Å². The highest BCUT2D eigenvalue weighted by Crippen LogP contribution is 2.29. The lowest BCUT2D eigenvalue weighted by atomic mass is 10.1. The first-order valence-electron chi connectivity index (χ1n) is 10.5. The van der Waals surface area contributed by atoms with Gasteiger partial charge in [0.15, 0.2) is 10.9 Å². The Hall–Kier alpha value is -3.37. The Balaban J connectivity index is 1.48. The molecule has 2 heterocycles. The quantitative estimate of drug-likeness (QED) is 0.388. The Kier molecular flexibility index (Phi) is 6.66. The van der Waals surface area contributed by atoms with Crippen molar-refractivity contribution in [2.24, 2.45) is 0 Å². The van der Waals surface area contributed by atoms with Crippen molar-refractivity contribution >= 4 is 45.2 Å². The number of aromatic nitrogens is 4. The molecule has 2 N–H and O–H groups in total. The van der Waals surface area contributed by atoms with E-state index in [2.05, 4.69) is 25.9 Å². The van der Waals surface area contributed by atoms with E-state index in [1.165, 1.54) is 11.3 Å². The number of carbonyl (C=O) groups excluding carboxylic acids is 1. The van der Waals surface area contributed by atoms with Crippen LogP contribution in [0.1, 0.15) is 42.5 Å². The molecule has 4 aromatic rings. The van der Waals surface area contributed by atoms with Crippen molar-refractivity contribution in [2.75, 3.05) is 5.32 Å². The Morgan fingerprint density at radius 3 is 2.79 bits per heavy atom. The first kappa shape index (κ1) is 22.8. The summed E-state index contributed by atoms with van der Waals surface area (Å²) in [5.41, 5.74) is 3.17. The van der Waals surface area contributed by atoms with E-state index < -0.39 is 0 Å². The number of benzene rings is 2. The Morgan fingerprint density at radius 1 is 1.21 bits per heavy atom. The van der Waals surface area contributed by atoms with Crippen LogP contribution in [0.3, 0.4) is 0 Å². The van der Waals surface area contributed by atoms with Crippen LogP contribution in [0.5, 0.6) is 5.75 Å². The smallest absolute Gasteiger partial charge is 0.257 e. The zero-order valence-electron chi connectivity index (χ0n) is 18.7. The lowest BCUT2D eigenvalue weighted by molar-refractivity contribution is 0.0977. The van der Waals surface area contributed by atoms with Crippen molar-refractivity contribution in [3.63, 3.8) is 0 Å². The summed E-state index contributed by atoms with van der Waals surface area (Å²) in [6.45, 7) is 7.86. The Morgan fingerprint density at radius 2 is 2.03 bits per heavy atom. The summed E-state index contributed by atoms with van der Waals surface area (Å²) >= 11 is 6.87. The molecule has 33 heavy (non-hydrogen) atoms. The fourth-order valence-electron chi connectivity index (χ4n) is 3.20. The van der Waals surface area contributed by atoms with Gasteiger partial charge in [-0.25, -0.2) is 0 Å². The van der Waals surface area contributed by atoms with Gasteiger partial charge in [-0.1, -0.05) is 36.5 Å². The minimum atomic E-state index is -0.309. The van der Waals surface area contributed by atoms with Crippen LogP contribution in [0.15, 0.2) is 42.5 Å². The molecule has 0 atom stereocenters. The van der Waals surface area contributed by atoms with Crippen molar-refractivity contribution in [3.05, 3.63) is 59.4 Å². The van der Waals surface area contributed by atoms with Crippen molar-refractivity contribution in [3.8, 4) is 16.3 Å². The summed E-state index contributed by atoms with van der Waals surface area (Å²) in [6.07, 6.45) is 0.777. The molecule has 8 nitrogen and oxygen atoms in total. The van der Waals surface area contributed by atoms with E-state index in [1.807, 2.05) is 52.0 Å². The second-order valence-electron chi connectivity index (χ2n) is 7.70. The van der Waals surface area contributed by atoms with Gasteiger partial charge in [0, 0.05) is 23.2 Å². The van der Waals surface area contributed by atoms with Crippen molar-refractivity contribution in [1.82, 2.24) is 25.1 Å². The minimum Gasteiger partial charge on any atom is -0.491 e. The van der Waals surface area contributed by atoms with Crippen molar-refractivity contribution < 1.29 is 9.53 Å². The van der Waals surface area contributed by atoms with Crippen molar-refractivity contribution in [1.29, 1.82) is 0 Å². The van der Waals surface area contributed by atoms with E-state index >= 15 is 0 Å². The standard InChI is InChI=1S/C23H24N6O2S2/c1-5-19-26-27-23-29(19)28-21(33-23)16-10-9-14(4)18(12-16)24-22(32)25-20(30)15-7-6-8-17(11-15)31-13(2)3/h6-13H,5H2,1-4H3,(H2,24,25,30,32). The molecule has 0 radical (unpaired) electrons. The van der Waals surface area contributed by atoms with Gasteiger partial charge in [0.1, 0.15) is 10.8 Å². The fraction of sp³-hybridized carbons (Fsp3) is 0.261. The summed E-state index contributed by atoms with van der Waals surface area (Å²) in [5, 5.41) is 19.9. The molecule has 2 aromatic carbocycles. The summed E-state index contributed by atoms with van der Waals surface area (Å²) in [6, 6.07) is 13.0. The number of rotatable bonds is 6. The third kappa shape index (κ3) is 5.18. The van der Waals surface area contributed by atoms with Gasteiger partial charge in [0.05, 0.1) is 6.10 Å². The maximum atomic E-state index is 12.7. The first-order chi connectivity index (χ1) is 15.8. The highest BCUT2D eigenvalue weighted by atomic mass is 32.1. The number of nitrogens with zero attached hydrogens (tertiary/aromatic N) is 4. The maximum absolute atomic E-state index is 12.7. The van der Waals surface area contributed by atoms with Gasteiger partial charge in [-0.05, 0) is 62.8 Å². The molecular formula is C23H24N6O2S2. The SMILES string of the molecule is CCc1nnc2sc(-c3ccc(C)c(NC(=S)NC(=O)c4cccc(OC(C)C)c4)c3)nn12. The molecular weight excluding hydrogens is 456 g/mol. The molecule has 0 aliphatic carbocycles. The highest BCUT2D eigenvalue weighted by Gasteiger charge is 2.14. The number of carbonyl (C=O) groups is 1. The number of nitrogens with one attached hydrogen (secondary N) is 2. The van der Waals surface area contributed by atoms with Gasteiger partial charge < -0.3 is 10.1 Å². The van der Waals surface area contributed by atoms with Crippen LogP contribution < -0.4 is 15.4 Å². The van der Waals surface area contributed by atoms with Gasteiger partial charge in [-0.15, -0.1) is 10.2 Å².